The molecule has 2 unspecified atom stereocenters. The van der Waals surface area contributed by atoms with Crippen LogP contribution >= 0.6 is 0 Å². The molecule has 5 heteroatoms. The van der Waals surface area contributed by atoms with Gasteiger partial charge in [-0.25, -0.2) is 4.39 Å². The average Bonchev–Trinajstić information content (AvgIpc) is 2.26. The molecule has 4 N–H and O–H groups in total. The first-order chi connectivity index (χ1) is 7.54. The predicted octanol–water partition coefficient (Wildman–Crippen LogP) is 0.888. The second kappa shape index (κ2) is 5.58. The van der Waals surface area contributed by atoms with E-state index < -0.39 is 12.0 Å². The van der Waals surface area contributed by atoms with Gasteiger partial charge in [0.2, 0.25) is 0 Å². The predicted molar refractivity (Wildman–Crippen MR) is 58.4 cm³/mol. The minimum Gasteiger partial charge on any atom is -0.480 e. The van der Waals surface area contributed by atoms with Crippen molar-refractivity contribution in [3.63, 3.8) is 0 Å². The molecule has 2 atom stereocenters. The van der Waals surface area contributed by atoms with Gasteiger partial charge in [0.05, 0.1) is 0 Å². The average molecular weight is 226 g/mol. The zero-order valence-corrected chi connectivity index (χ0v) is 8.98. The molecule has 4 nitrogen and oxygen atoms in total. The van der Waals surface area contributed by atoms with Gasteiger partial charge < -0.3 is 16.2 Å². The number of carboxylic acid groups (broad SMARTS) is 1. The highest BCUT2D eigenvalue weighted by Crippen LogP contribution is 2.18. The molecule has 88 valence electrons. The normalized spacial score (nSPS) is 14.4. The number of nitrogens with two attached hydrogens (primary N) is 1. The first kappa shape index (κ1) is 12.6. The molecule has 0 fully saturated rings. The number of hydrogen-bond acceptors (Lipinski definition) is 3. The summed E-state index contributed by atoms with van der Waals surface area (Å²) in [5.41, 5.74) is 6.27. The summed E-state index contributed by atoms with van der Waals surface area (Å²) in [6, 6.07) is 4.79. The number of carbonyl (C=O) groups is 1. The maximum absolute atomic E-state index is 12.7. The van der Waals surface area contributed by atoms with Crippen LogP contribution in [0.5, 0.6) is 0 Å². The number of rotatable bonds is 5. The van der Waals surface area contributed by atoms with Crippen LogP contribution in [0.15, 0.2) is 24.3 Å². The van der Waals surface area contributed by atoms with E-state index in [1.165, 1.54) is 12.1 Å². The summed E-state index contributed by atoms with van der Waals surface area (Å²) < 4.78 is 12.7. The van der Waals surface area contributed by atoms with Gasteiger partial charge >= 0.3 is 5.97 Å². The molecule has 16 heavy (non-hydrogen) atoms. The van der Waals surface area contributed by atoms with Gasteiger partial charge in [-0.1, -0.05) is 12.1 Å². The summed E-state index contributed by atoms with van der Waals surface area (Å²) in [6.45, 7) is 0. The van der Waals surface area contributed by atoms with Crippen molar-refractivity contribution in [1.82, 2.24) is 5.32 Å². The first-order valence-corrected chi connectivity index (χ1v) is 4.95. The zero-order valence-electron chi connectivity index (χ0n) is 8.98. The zero-order chi connectivity index (χ0) is 12.1. The Balaban J connectivity index is 2.74. The maximum Gasteiger partial charge on any atom is 0.320 e. The molecule has 0 saturated heterocycles. The molecule has 0 radical (unpaired) electrons. The summed E-state index contributed by atoms with van der Waals surface area (Å²) in [6.07, 6.45) is 0.261. The van der Waals surface area contributed by atoms with Crippen molar-refractivity contribution in [2.24, 2.45) is 5.73 Å². The van der Waals surface area contributed by atoms with E-state index in [0.717, 1.165) is 5.56 Å². The van der Waals surface area contributed by atoms with Crippen LogP contribution in [0.1, 0.15) is 18.0 Å². The maximum atomic E-state index is 12.7. The van der Waals surface area contributed by atoms with E-state index in [1.54, 1.807) is 19.2 Å². The lowest BCUT2D eigenvalue weighted by atomic mass is 10.00. The van der Waals surface area contributed by atoms with Crippen molar-refractivity contribution in [2.45, 2.75) is 18.5 Å². The van der Waals surface area contributed by atoms with Gasteiger partial charge in [0.15, 0.2) is 0 Å². The van der Waals surface area contributed by atoms with Gasteiger partial charge in [-0.2, -0.15) is 0 Å². The summed E-state index contributed by atoms with van der Waals surface area (Å²) in [4.78, 5) is 10.6. The van der Waals surface area contributed by atoms with Gasteiger partial charge in [0, 0.05) is 6.04 Å². The second-order valence-electron chi connectivity index (χ2n) is 3.57. The Bertz CT molecular complexity index is 354. The Kier molecular flexibility index (Phi) is 4.39. The molecule has 0 heterocycles. The van der Waals surface area contributed by atoms with Crippen LogP contribution in [0.4, 0.5) is 4.39 Å². The highest BCUT2D eigenvalue weighted by molar-refractivity contribution is 5.73. The smallest absolute Gasteiger partial charge is 0.320 e. The minimum absolute atomic E-state index is 0.188. The van der Waals surface area contributed by atoms with E-state index in [2.05, 4.69) is 5.32 Å². The van der Waals surface area contributed by atoms with Crippen molar-refractivity contribution >= 4 is 5.97 Å². The highest BCUT2D eigenvalue weighted by Gasteiger charge is 2.18. The van der Waals surface area contributed by atoms with Crippen molar-refractivity contribution in [1.29, 1.82) is 0 Å². The SMILES string of the molecule is CNC(CC(N)C(=O)O)c1ccc(F)cc1. The third-order valence-corrected chi connectivity index (χ3v) is 2.43. The van der Waals surface area contributed by atoms with Crippen molar-refractivity contribution in [2.75, 3.05) is 7.05 Å². The number of aliphatic carboxylic acids is 1. The van der Waals surface area contributed by atoms with Crippen LogP contribution in [-0.4, -0.2) is 24.2 Å². The third kappa shape index (κ3) is 3.29. The number of nitrogens with one attached hydrogen (secondary N) is 1. The van der Waals surface area contributed by atoms with Gasteiger partial charge in [-0.15, -0.1) is 0 Å². The minimum atomic E-state index is -1.04. The Morgan fingerprint density at radius 3 is 2.50 bits per heavy atom. The lowest BCUT2D eigenvalue weighted by Gasteiger charge is -2.18. The molecule has 1 rings (SSSR count). The fraction of sp³-hybridized carbons (Fsp3) is 0.364. The molecule has 0 saturated carbocycles. The summed E-state index contributed by atoms with van der Waals surface area (Å²) in [5, 5.41) is 11.7. The van der Waals surface area contributed by atoms with Crippen LogP contribution < -0.4 is 11.1 Å². The molecule has 1 aromatic rings. The van der Waals surface area contributed by atoms with Crippen LogP contribution in [0.3, 0.4) is 0 Å². The van der Waals surface area contributed by atoms with E-state index in [4.69, 9.17) is 10.8 Å². The van der Waals surface area contributed by atoms with Crippen LogP contribution in [0, 0.1) is 5.82 Å². The standard InChI is InChI=1S/C11H15FN2O2/c1-14-10(6-9(13)11(15)16)7-2-4-8(12)5-3-7/h2-5,9-10,14H,6,13H2,1H3,(H,15,16). The summed E-state index contributed by atoms with van der Waals surface area (Å²) >= 11 is 0. The largest absolute Gasteiger partial charge is 0.480 e. The van der Waals surface area contributed by atoms with Gasteiger partial charge in [0.25, 0.3) is 0 Å². The lowest BCUT2D eigenvalue weighted by molar-refractivity contribution is -0.138. The number of carboxylic acids is 1. The molecule has 0 spiro atoms. The van der Waals surface area contributed by atoms with Gasteiger partial charge in [-0.05, 0) is 31.2 Å². The van der Waals surface area contributed by atoms with Crippen LogP contribution in [0.25, 0.3) is 0 Å². The van der Waals surface area contributed by atoms with Crippen LogP contribution in [0.2, 0.25) is 0 Å². The van der Waals surface area contributed by atoms with E-state index in [-0.39, 0.29) is 18.3 Å². The first-order valence-electron chi connectivity index (χ1n) is 4.95. The number of benzene rings is 1. The number of halogens is 1. The summed E-state index contributed by atoms with van der Waals surface area (Å²) in [5.74, 6) is -1.36. The Labute approximate surface area is 93.3 Å². The van der Waals surface area contributed by atoms with Crippen molar-refractivity contribution in [3.05, 3.63) is 35.6 Å². The molecule has 0 aromatic heterocycles. The van der Waals surface area contributed by atoms with Gasteiger partial charge in [0.1, 0.15) is 11.9 Å². The molecular weight excluding hydrogens is 211 g/mol. The molecule has 0 bridgehead atoms. The van der Waals surface area contributed by atoms with E-state index in [1.807, 2.05) is 0 Å². The molecule has 0 amide bonds. The number of hydrogen-bond donors (Lipinski definition) is 3. The fourth-order valence-corrected chi connectivity index (χ4v) is 1.47. The van der Waals surface area contributed by atoms with Crippen molar-refractivity contribution in [3.8, 4) is 0 Å². The molecule has 0 aliphatic heterocycles. The van der Waals surface area contributed by atoms with Crippen LogP contribution in [-0.2, 0) is 4.79 Å². The second-order valence-corrected chi connectivity index (χ2v) is 3.57. The van der Waals surface area contributed by atoms with Gasteiger partial charge in [-0.3, -0.25) is 4.79 Å². The Morgan fingerprint density at radius 2 is 2.06 bits per heavy atom. The Morgan fingerprint density at radius 1 is 1.50 bits per heavy atom. The Hall–Kier alpha value is -1.46. The highest BCUT2D eigenvalue weighted by atomic mass is 19.1. The molecule has 1 aromatic carbocycles. The molecule has 0 aliphatic carbocycles. The quantitative estimate of drug-likeness (QED) is 0.697. The fourth-order valence-electron chi connectivity index (χ4n) is 1.47. The topological polar surface area (TPSA) is 75.3 Å². The molecule has 0 aliphatic rings. The summed E-state index contributed by atoms with van der Waals surface area (Å²) in [7, 11) is 1.71. The lowest BCUT2D eigenvalue weighted by Crippen LogP contribution is -2.34. The third-order valence-electron chi connectivity index (χ3n) is 2.43. The van der Waals surface area contributed by atoms with E-state index in [0.29, 0.717) is 0 Å². The van der Waals surface area contributed by atoms with Crippen molar-refractivity contribution < 1.29 is 14.3 Å². The van der Waals surface area contributed by atoms with E-state index >= 15 is 0 Å². The monoisotopic (exact) mass is 226 g/mol. The molecular formula is C11H15FN2O2. The van der Waals surface area contributed by atoms with E-state index in [9.17, 15) is 9.18 Å².